The third kappa shape index (κ3) is 5.04. The molecule has 1 aliphatic heterocycles. The Hall–Kier alpha value is -1.92. The van der Waals surface area contributed by atoms with Gasteiger partial charge in [-0.15, -0.1) is 0 Å². The van der Waals surface area contributed by atoms with Gasteiger partial charge in [0.1, 0.15) is 0 Å². The van der Waals surface area contributed by atoms with Crippen LogP contribution >= 0.6 is 0 Å². The first-order valence-corrected chi connectivity index (χ1v) is 8.51. The van der Waals surface area contributed by atoms with E-state index in [1.807, 2.05) is 39.0 Å². The SMILES string of the molecule is CC(C)C(=O)Nc1cccc(NC(=O)C(C)N2CCN(C)CC2)c1. The molecule has 1 saturated heterocycles. The van der Waals surface area contributed by atoms with Crippen molar-refractivity contribution in [2.45, 2.75) is 26.8 Å². The fourth-order valence-electron chi connectivity index (χ4n) is 2.58. The number of anilines is 2. The Labute approximate surface area is 144 Å². The minimum absolute atomic E-state index is 0.0214. The average molecular weight is 332 g/mol. The molecule has 1 atom stereocenters. The van der Waals surface area contributed by atoms with Gasteiger partial charge in [-0.05, 0) is 32.2 Å². The Bertz CT molecular complexity index is 580. The number of nitrogens with one attached hydrogen (secondary N) is 2. The van der Waals surface area contributed by atoms with Gasteiger partial charge in [0.15, 0.2) is 0 Å². The lowest BCUT2D eigenvalue weighted by molar-refractivity contribution is -0.121. The first kappa shape index (κ1) is 18.4. The van der Waals surface area contributed by atoms with E-state index in [0.717, 1.165) is 26.2 Å². The quantitative estimate of drug-likeness (QED) is 0.864. The molecule has 2 amide bonds. The zero-order valence-corrected chi connectivity index (χ0v) is 15.0. The highest BCUT2D eigenvalue weighted by Crippen LogP contribution is 2.17. The third-order valence-corrected chi connectivity index (χ3v) is 4.39. The summed E-state index contributed by atoms with van der Waals surface area (Å²) in [4.78, 5) is 28.7. The zero-order chi connectivity index (χ0) is 17.7. The minimum Gasteiger partial charge on any atom is -0.326 e. The summed E-state index contributed by atoms with van der Waals surface area (Å²) in [6, 6.07) is 7.09. The summed E-state index contributed by atoms with van der Waals surface area (Å²) in [6.07, 6.45) is 0. The summed E-state index contributed by atoms with van der Waals surface area (Å²) in [6.45, 7) is 9.39. The molecule has 1 aromatic carbocycles. The van der Waals surface area contributed by atoms with Crippen LogP contribution in [-0.2, 0) is 9.59 Å². The number of rotatable bonds is 5. The average Bonchev–Trinajstić information content (AvgIpc) is 2.55. The second-order valence-corrected chi connectivity index (χ2v) is 6.73. The zero-order valence-electron chi connectivity index (χ0n) is 15.0. The molecule has 0 radical (unpaired) electrons. The van der Waals surface area contributed by atoms with Crippen LogP contribution in [0.5, 0.6) is 0 Å². The predicted octanol–water partition coefficient (Wildman–Crippen LogP) is 1.86. The predicted molar refractivity (Wildman–Crippen MR) is 97.1 cm³/mol. The molecule has 2 rings (SSSR count). The maximum atomic E-state index is 12.5. The van der Waals surface area contributed by atoms with E-state index >= 15 is 0 Å². The van der Waals surface area contributed by atoms with Crippen molar-refractivity contribution >= 4 is 23.2 Å². The van der Waals surface area contributed by atoms with Gasteiger partial charge in [-0.25, -0.2) is 0 Å². The van der Waals surface area contributed by atoms with E-state index in [9.17, 15) is 9.59 Å². The van der Waals surface area contributed by atoms with Crippen LogP contribution in [0.15, 0.2) is 24.3 Å². The molecule has 0 bridgehead atoms. The summed E-state index contributed by atoms with van der Waals surface area (Å²) in [5.41, 5.74) is 1.39. The van der Waals surface area contributed by atoms with Gasteiger partial charge in [-0.3, -0.25) is 14.5 Å². The molecule has 6 heteroatoms. The van der Waals surface area contributed by atoms with Crippen molar-refractivity contribution in [1.29, 1.82) is 0 Å². The van der Waals surface area contributed by atoms with Gasteiger partial charge in [0, 0.05) is 43.5 Å². The van der Waals surface area contributed by atoms with Crippen LogP contribution in [0.1, 0.15) is 20.8 Å². The molecular weight excluding hydrogens is 304 g/mol. The number of piperazine rings is 1. The molecule has 0 aliphatic carbocycles. The Balaban J connectivity index is 1.95. The maximum absolute atomic E-state index is 12.5. The highest BCUT2D eigenvalue weighted by Gasteiger charge is 2.24. The van der Waals surface area contributed by atoms with Gasteiger partial charge in [0.2, 0.25) is 11.8 Å². The monoisotopic (exact) mass is 332 g/mol. The van der Waals surface area contributed by atoms with Crippen molar-refractivity contribution in [3.05, 3.63) is 24.3 Å². The lowest BCUT2D eigenvalue weighted by Gasteiger charge is -2.35. The van der Waals surface area contributed by atoms with Crippen molar-refractivity contribution in [1.82, 2.24) is 9.80 Å². The summed E-state index contributed by atoms with van der Waals surface area (Å²) < 4.78 is 0. The molecule has 1 unspecified atom stereocenters. The van der Waals surface area contributed by atoms with Crippen LogP contribution in [0.3, 0.4) is 0 Å². The van der Waals surface area contributed by atoms with E-state index < -0.39 is 0 Å². The number of carbonyl (C=O) groups excluding carboxylic acids is 2. The van der Waals surface area contributed by atoms with E-state index in [2.05, 4.69) is 27.5 Å². The molecular formula is C18H28N4O2. The van der Waals surface area contributed by atoms with E-state index in [1.54, 1.807) is 6.07 Å². The molecule has 0 saturated carbocycles. The topological polar surface area (TPSA) is 64.7 Å². The molecule has 6 nitrogen and oxygen atoms in total. The van der Waals surface area contributed by atoms with E-state index in [1.165, 1.54) is 0 Å². The van der Waals surface area contributed by atoms with Gasteiger partial charge >= 0.3 is 0 Å². The fourth-order valence-corrected chi connectivity index (χ4v) is 2.58. The van der Waals surface area contributed by atoms with Gasteiger partial charge in [-0.2, -0.15) is 0 Å². The number of hydrogen-bond acceptors (Lipinski definition) is 4. The highest BCUT2D eigenvalue weighted by molar-refractivity contribution is 5.96. The summed E-state index contributed by atoms with van der Waals surface area (Å²) in [7, 11) is 2.10. The van der Waals surface area contributed by atoms with Crippen molar-refractivity contribution in [3.8, 4) is 0 Å². The summed E-state index contributed by atoms with van der Waals surface area (Å²) in [5, 5.41) is 5.79. The van der Waals surface area contributed by atoms with Gasteiger partial charge in [0.25, 0.3) is 0 Å². The number of amides is 2. The standard InChI is InChI=1S/C18H28N4O2/c1-13(2)17(23)19-15-6-5-7-16(12-15)20-18(24)14(3)22-10-8-21(4)9-11-22/h5-7,12-14H,8-11H2,1-4H3,(H,19,23)(H,20,24). The van der Waals surface area contributed by atoms with Crippen LogP contribution in [0.4, 0.5) is 11.4 Å². The molecule has 1 fully saturated rings. The summed E-state index contributed by atoms with van der Waals surface area (Å²) >= 11 is 0. The van der Waals surface area contributed by atoms with Crippen LogP contribution in [-0.4, -0.2) is 60.9 Å². The first-order chi connectivity index (χ1) is 11.4. The molecule has 0 aromatic heterocycles. The summed E-state index contributed by atoms with van der Waals surface area (Å²) in [5.74, 6) is -0.142. The normalized spacial score (nSPS) is 17.5. The van der Waals surface area contributed by atoms with Crippen LogP contribution in [0.25, 0.3) is 0 Å². The molecule has 1 heterocycles. The van der Waals surface area contributed by atoms with Crippen molar-refractivity contribution < 1.29 is 9.59 Å². The lowest BCUT2D eigenvalue weighted by atomic mass is 10.2. The second-order valence-electron chi connectivity index (χ2n) is 6.73. The van der Waals surface area contributed by atoms with Crippen LogP contribution in [0, 0.1) is 5.92 Å². The highest BCUT2D eigenvalue weighted by atomic mass is 16.2. The van der Waals surface area contributed by atoms with Gasteiger partial charge in [-0.1, -0.05) is 19.9 Å². The Kier molecular flexibility index (Phi) is 6.34. The molecule has 132 valence electrons. The fraction of sp³-hybridized carbons (Fsp3) is 0.556. The van der Waals surface area contributed by atoms with Crippen molar-refractivity contribution in [2.75, 3.05) is 43.9 Å². The number of nitrogens with zero attached hydrogens (tertiary/aromatic N) is 2. The first-order valence-electron chi connectivity index (χ1n) is 8.51. The molecule has 0 spiro atoms. The smallest absolute Gasteiger partial charge is 0.241 e. The number of likely N-dealkylation sites (N-methyl/N-ethyl adjacent to an activating group) is 1. The molecule has 2 N–H and O–H groups in total. The van der Waals surface area contributed by atoms with Crippen LogP contribution in [0.2, 0.25) is 0 Å². The van der Waals surface area contributed by atoms with E-state index in [4.69, 9.17) is 0 Å². The molecule has 1 aromatic rings. The number of benzene rings is 1. The van der Waals surface area contributed by atoms with Crippen molar-refractivity contribution in [3.63, 3.8) is 0 Å². The largest absolute Gasteiger partial charge is 0.326 e. The number of hydrogen-bond donors (Lipinski definition) is 2. The van der Waals surface area contributed by atoms with E-state index in [-0.39, 0.29) is 23.8 Å². The molecule has 24 heavy (non-hydrogen) atoms. The minimum atomic E-state index is -0.174. The third-order valence-electron chi connectivity index (χ3n) is 4.39. The van der Waals surface area contributed by atoms with Crippen LogP contribution < -0.4 is 10.6 Å². The Morgan fingerprint density at radius 1 is 0.958 bits per heavy atom. The Morgan fingerprint density at radius 2 is 1.50 bits per heavy atom. The van der Waals surface area contributed by atoms with Crippen molar-refractivity contribution in [2.24, 2.45) is 5.92 Å². The molecule has 1 aliphatic rings. The number of carbonyl (C=O) groups is 2. The Morgan fingerprint density at radius 3 is 2.04 bits per heavy atom. The van der Waals surface area contributed by atoms with E-state index in [0.29, 0.717) is 11.4 Å². The van der Waals surface area contributed by atoms with Gasteiger partial charge in [0.05, 0.1) is 6.04 Å². The van der Waals surface area contributed by atoms with Gasteiger partial charge < -0.3 is 15.5 Å². The second kappa shape index (κ2) is 8.26. The lowest BCUT2D eigenvalue weighted by Crippen LogP contribution is -2.51. The maximum Gasteiger partial charge on any atom is 0.241 e.